The highest BCUT2D eigenvalue weighted by Gasteiger charge is 2.23. The molecule has 2 aromatic carbocycles. The van der Waals surface area contributed by atoms with Crippen molar-refractivity contribution in [3.05, 3.63) is 48.0 Å². The van der Waals surface area contributed by atoms with Gasteiger partial charge >= 0.3 is 0 Å². The highest BCUT2D eigenvalue weighted by Crippen LogP contribution is 2.29. The standard InChI is InChI=1S/C23H32N2O5S/c1-7-25(8-2)31(27,28)19-12-13-21(29-6)20(15-19)24-22(26)16-30-18-11-9-10-17(14-18)23(3,4)5/h9-15H,7-8,16H2,1-6H3,(H,24,26). The first-order chi connectivity index (χ1) is 14.5. The minimum Gasteiger partial charge on any atom is -0.495 e. The Kier molecular flexibility index (Phi) is 8.08. The van der Waals surface area contributed by atoms with Crippen molar-refractivity contribution in [2.45, 2.75) is 44.9 Å². The van der Waals surface area contributed by atoms with Crippen LogP contribution < -0.4 is 14.8 Å². The van der Waals surface area contributed by atoms with E-state index >= 15 is 0 Å². The molecule has 0 bridgehead atoms. The minimum atomic E-state index is -3.66. The Balaban J connectivity index is 2.17. The van der Waals surface area contributed by atoms with Gasteiger partial charge in [-0.2, -0.15) is 4.31 Å². The largest absolute Gasteiger partial charge is 0.495 e. The van der Waals surface area contributed by atoms with Gasteiger partial charge in [0, 0.05) is 13.1 Å². The van der Waals surface area contributed by atoms with Gasteiger partial charge in [-0.1, -0.05) is 46.8 Å². The number of methoxy groups -OCH3 is 1. The van der Waals surface area contributed by atoms with Crippen molar-refractivity contribution in [2.24, 2.45) is 0 Å². The van der Waals surface area contributed by atoms with Gasteiger partial charge in [-0.15, -0.1) is 0 Å². The Hall–Kier alpha value is -2.58. The summed E-state index contributed by atoms with van der Waals surface area (Å²) < 4.78 is 37.9. The summed E-state index contributed by atoms with van der Waals surface area (Å²) in [4.78, 5) is 12.6. The molecule has 0 saturated carbocycles. The number of carbonyl (C=O) groups is 1. The van der Waals surface area contributed by atoms with Crippen LogP contribution in [0.15, 0.2) is 47.4 Å². The van der Waals surface area contributed by atoms with Gasteiger partial charge in [0.25, 0.3) is 5.91 Å². The molecule has 1 N–H and O–H groups in total. The second-order valence-electron chi connectivity index (χ2n) is 8.07. The molecule has 8 heteroatoms. The number of amides is 1. The fourth-order valence-electron chi connectivity index (χ4n) is 3.05. The molecule has 0 heterocycles. The normalized spacial score (nSPS) is 12.0. The minimum absolute atomic E-state index is 0.0359. The molecule has 7 nitrogen and oxygen atoms in total. The van der Waals surface area contributed by atoms with Gasteiger partial charge in [0.1, 0.15) is 11.5 Å². The van der Waals surface area contributed by atoms with E-state index in [2.05, 4.69) is 26.1 Å². The molecular weight excluding hydrogens is 416 g/mol. The number of nitrogens with one attached hydrogen (secondary N) is 1. The van der Waals surface area contributed by atoms with Crippen molar-refractivity contribution in [3.63, 3.8) is 0 Å². The van der Waals surface area contributed by atoms with Crippen molar-refractivity contribution in [1.82, 2.24) is 4.31 Å². The van der Waals surface area contributed by atoms with Crippen LogP contribution in [0.3, 0.4) is 0 Å². The molecule has 0 aliphatic rings. The van der Waals surface area contributed by atoms with E-state index in [4.69, 9.17) is 9.47 Å². The van der Waals surface area contributed by atoms with Crippen molar-refractivity contribution in [2.75, 3.05) is 32.1 Å². The summed E-state index contributed by atoms with van der Waals surface area (Å²) in [5.41, 5.74) is 1.33. The molecule has 0 spiro atoms. The Morgan fingerprint density at radius 2 is 1.74 bits per heavy atom. The number of sulfonamides is 1. The van der Waals surface area contributed by atoms with Crippen LogP contribution in [-0.2, 0) is 20.2 Å². The zero-order chi connectivity index (χ0) is 23.2. The van der Waals surface area contributed by atoms with E-state index < -0.39 is 15.9 Å². The van der Waals surface area contributed by atoms with Crippen LogP contribution in [0.5, 0.6) is 11.5 Å². The maximum Gasteiger partial charge on any atom is 0.262 e. The topological polar surface area (TPSA) is 84.9 Å². The quantitative estimate of drug-likeness (QED) is 0.626. The van der Waals surface area contributed by atoms with Gasteiger partial charge in [-0.05, 0) is 41.3 Å². The molecule has 0 fully saturated rings. The Morgan fingerprint density at radius 1 is 1.06 bits per heavy atom. The van der Waals surface area contributed by atoms with Gasteiger partial charge in [0.05, 0.1) is 17.7 Å². The van der Waals surface area contributed by atoms with Crippen LogP contribution >= 0.6 is 0 Å². The summed E-state index contributed by atoms with van der Waals surface area (Å²) in [6, 6.07) is 12.0. The molecule has 0 atom stereocenters. The molecule has 2 aromatic rings. The SMILES string of the molecule is CCN(CC)S(=O)(=O)c1ccc(OC)c(NC(=O)COc2cccc(C(C)(C)C)c2)c1. The second-order valence-corrected chi connectivity index (χ2v) is 10.0. The molecule has 0 unspecified atom stereocenters. The van der Waals surface area contributed by atoms with Crippen LogP contribution in [0.2, 0.25) is 0 Å². The molecular formula is C23H32N2O5S. The summed E-state index contributed by atoms with van der Waals surface area (Å²) in [5, 5.41) is 2.69. The highest BCUT2D eigenvalue weighted by atomic mass is 32.2. The van der Waals surface area contributed by atoms with Crippen LogP contribution in [0.4, 0.5) is 5.69 Å². The van der Waals surface area contributed by atoms with E-state index in [-0.39, 0.29) is 22.6 Å². The Bertz CT molecular complexity index is 1010. The van der Waals surface area contributed by atoms with Crippen molar-refractivity contribution in [3.8, 4) is 11.5 Å². The average molecular weight is 449 g/mol. The average Bonchev–Trinajstić information content (AvgIpc) is 2.72. The van der Waals surface area contributed by atoms with Crippen LogP contribution in [0, 0.1) is 0 Å². The van der Waals surface area contributed by atoms with Gasteiger partial charge < -0.3 is 14.8 Å². The number of rotatable bonds is 9. The van der Waals surface area contributed by atoms with E-state index in [0.29, 0.717) is 24.6 Å². The molecule has 2 rings (SSSR count). The number of benzene rings is 2. The van der Waals surface area contributed by atoms with Crippen molar-refractivity contribution in [1.29, 1.82) is 0 Å². The summed E-state index contributed by atoms with van der Waals surface area (Å²) in [6.07, 6.45) is 0. The predicted molar refractivity (Wildman–Crippen MR) is 122 cm³/mol. The molecule has 0 aliphatic heterocycles. The van der Waals surface area contributed by atoms with Crippen molar-refractivity contribution >= 4 is 21.6 Å². The zero-order valence-electron chi connectivity index (χ0n) is 19.1. The monoisotopic (exact) mass is 448 g/mol. The van der Waals surface area contributed by atoms with Gasteiger partial charge in [-0.25, -0.2) is 8.42 Å². The van der Waals surface area contributed by atoms with Crippen molar-refractivity contribution < 1.29 is 22.7 Å². The first-order valence-corrected chi connectivity index (χ1v) is 11.7. The third kappa shape index (κ3) is 6.21. The number of ether oxygens (including phenoxy) is 2. The van der Waals surface area contributed by atoms with Gasteiger partial charge in [0.15, 0.2) is 6.61 Å². The number of hydrogen-bond donors (Lipinski definition) is 1. The number of hydrogen-bond acceptors (Lipinski definition) is 5. The molecule has 0 aliphatic carbocycles. The maximum absolute atomic E-state index is 12.8. The lowest BCUT2D eigenvalue weighted by Crippen LogP contribution is -2.30. The smallest absolute Gasteiger partial charge is 0.262 e. The molecule has 31 heavy (non-hydrogen) atoms. The van der Waals surface area contributed by atoms with E-state index in [1.807, 2.05) is 18.2 Å². The van der Waals surface area contributed by atoms with E-state index in [1.54, 1.807) is 19.9 Å². The Labute approximate surface area is 185 Å². The first kappa shape index (κ1) is 24.7. The first-order valence-electron chi connectivity index (χ1n) is 10.2. The number of anilines is 1. The fraction of sp³-hybridized carbons (Fsp3) is 0.435. The van der Waals surface area contributed by atoms with E-state index in [9.17, 15) is 13.2 Å². The summed E-state index contributed by atoms with van der Waals surface area (Å²) in [5.74, 6) is 0.533. The molecule has 0 saturated heterocycles. The molecule has 1 amide bonds. The fourth-order valence-corrected chi connectivity index (χ4v) is 4.53. The number of nitrogens with zero attached hydrogens (tertiary/aromatic N) is 1. The van der Waals surface area contributed by atoms with E-state index in [1.165, 1.54) is 29.6 Å². The molecule has 170 valence electrons. The lowest BCUT2D eigenvalue weighted by atomic mass is 9.87. The summed E-state index contributed by atoms with van der Waals surface area (Å²) >= 11 is 0. The van der Waals surface area contributed by atoms with Crippen LogP contribution in [0.25, 0.3) is 0 Å². The lowest BCUT2D eigenvalue weighted by molar-refractivity contribution is -0.118. The number of carbonyl (C=O) groups excluding carboxylic acids is 1. The summed E-state index contributed by atoms with van der Waals surface area (Å²) in [6.45, 7) is 10.4. The zero-order valence-corrected chi connectivity index (χ0v) is 19.9. The molecule has 0 aromatic heterocycles. The van der Waals surface area contributed by atoms with E-state index in [0.717, 1.165) is 5.56 Å². The summed E-state index contributed by atoms with van der Waals surface area (Å²) in [7, 11) is -2.21. The van der Waals surface area contributed by atoms with Crippen LogP contribution in [0.1, 0.15) is 40.2 Å². The third-order valence-electron chi connectivity index (χ3n) is 4.86. The second kappa shape index (κ2) is 10.2. The van der Waals surface area contributed by atoms with Gasteiger partial charge in [-0.3, -0.25) is 4.79 Å². The van der Waals surface area contributed by atoms with Crippen LogP contribution in [-0.4, -0.2) is 45.4 Å². The lowest BCUT2D eigenvalue weighted by Gasteiger charge is -2.20. The predicted octanol–water partition coefficient (Wildman–Crippen LogP) is 4.04. The highest BCUT2D eigenvalue weighted by molar-refractivity contribution is 7.89. The maximum atomic E-state index is 12.8. The Morgan fingerprint density at radius 3 is 2.32 bits per heavy atom. The van der Waals surface area contributed by atoms with Gasteiger partial charge in [0.2, 0.25) is 10.0 Å². The third-order valence-corrected chi connectivity index (χ3v) is 6.90. The molecule has 0 radical (unpaired) electrons.